The maximum atomic E-state index is 12.8. The normalized spacial score (nSPS) is 17.7. The molecule has 2 aliphatic heterocycles. The smallest absolute Gasteiger partial charge is 0.416 e. The SMILES string of the molecule is O=C(NC1CCN(Cc2ccncc2)CC1)c1ccc(OC2CCN(c3ccc(C(F)(F)F)cc3)CC2)nc1. The second-order valence-electron chi connectivity index (χ2n) is 10.1. The predicted molar refractivity (Wildman–Crippen MR) is 142 cm³/mol. The lowest BCUT2D eigenvalue weighted by Crippen LogP contribution is -2.44. The zero-order chi connectivity index (χ0) is 27.2. The molecule has 10 heteroatoms. The number of likely N-dealkylation sites (tertiary alicyclic amines) is 1. The van der Waals surface area contributed by atoms with Crippen LogP contribution in [0.15, 0.2) is 67.1 Å². The fraction of sp³-hybridized carbons (Fsp3) is 0.414. The number of amides is 1. The Balaban J connectivity index is 1.04. The highest BCUT2D eigenvalue weighted by Gasteiger charge is 2.30. The summed E-state index contributed by atoms with van der Waals surface area (Å²) in [5, 5.41) is 3.13. The average molecular weight is 540 g/mol. The number of benzene rings is 1. The van der Waals surface area contributed by atoms with E-state index < -0.39 is 11.7 Å². The van der Waals surface area contributed by atoms with Crippen LogP contribution in [0, 0.1) is 0 Å². The highest BCUT2D eigenvalue weighted by Crippen LogP contribution is 2.31. The van der Waals surface area contributed by atoms with Crippen LogP contribution < -0.4 is 15.0 Å². The standard InChI is InChI=1S/C29H32F3N5O2/c30-29(31,32)23-2-4-25(5-3-23)37-17-11-26(12-18-37)39-27-6-1-22(19-34-27)28(38)35-24-9-15-36(16-10-24)20-21-7-13-33-14-8-21/h1-8,13-14,19,24,26H,9-12,15-18,20H2,(H,35,38). The van der Waals surface area contributed by atoms with Gasteiger partial charge < -0.3 is 15.0 Å². The van der Waals surface area contributed by atoms with E-state index in [1.165, 1.54) is 17.7 Å². The van der Waals surface area contributed by atoms with Gasteiger partial charge in [-0.3, -0.25) is 14.7 Å². The molecule has 0 atom stereocenters. The van der Waals surface area contributed by atoms with Crippen LogP contribution in [0.4, 0.5) is 18.9 Å². The van der Waals surface area contributed by atoms with E-state index in [0.717, 1.165) is 63.1 Å². The van der Waals surface area contributed by atoms with Crippen LogP contribution in [0.2, 0.25) is 0 Å². The van der Waals surface area contributed by atoms with Crippen molar-refractivity contribution in [2.75, 3.05) is 31.1 Å². The van der Waals surface area contributed by atoms with E-state index in [1.807, 2.05) is 24.5 Å². The van der Waals surface area contributed by atoms with Crippen molar-refractivity contribution in [3.63, 3.8) is 0 Å². The van der Waals surface area contributed by atoms with Gasteiger partial charge in [0, 0.05) is 82.0 Å². The summed E-state index contributed by atoms with van der Waals surface area (Å²) in [4.78, 5) is 25.6. The van der Waals surface area contributed by atoms with E-state index in [9.17, 15) is 18.0 Å². The molecule has 2 fully saturated rings. The quantitative estimate of drug-likeness (QED) is 0.459. The van der Waals surface area contributed by atoms with Gasteiger partial charge in [0.05, 0.1) is 11.1 Å². The van der Waals surface area contributed by atoms with Crippen molar-refractivity contribution in [1.29, 1.82) is 0 Å². The summed E-state index contributed by atoms with van der Waals surface area (Å²) in [7, 11) is 0. The molecule has 1 N–H and O–H groups in total. The third-order valence-electron chi connectivity index (χ3n) is 7.37. The van der Waals surface area contributed by atoms with Gasteiger partial charge in [-0.15, -0.1) is 0 Å². The number of piperidine rings is 2. The Morgan fingerprint density at radius 2 is 1.62 bits per heavy atom. The van der Waals surface area contributed by atoms with Crippen molar-refractivity contribution in [1.82, 2.24) is 20.2 Å². The first-order chi connectivity index (χ1) is 18.8. The number of rotatable bonds is 7. The third-order valence-corrected chi connectivity index (χ3v) is 7.37. The molecule has 39 heavy (non-hydrogen) atoms. The lowest BCUT2D eigenvalue weighted by molar-refractivity contribution is -0.137. The highest BCUT2D eigenvalue weighted by atomic mass is 19.4. The number of carbonyl (C=O) groups is 1. The molecular formula is C29H32F3N5O2. The van der Waals surface area contributed by atoms with Crippen LogP contribution in [0.25, 0.3) is 0 Å². The maximum absolute atomic E-state index is 12.8. The number of ether oxygens (including phenoxy) is 1. The van der Waals surface area contributed by atoms with E-state index in [2.05, 4.69) is 25.1 Å². The summed E-state index contributed by atoms with van der Waals surface area (Å²) >= 11 is 0. The van der Waals surface area contributed by atoms with Crippen LogP contribution in [-0.2, 0) is 12.7 Å². The molecule has 1 aromatic carbocycles. The largest absolute Gasteiger partial charge is 0.474 e. The van der Waals surface area contributed by atoms with Crippen LogP contribution >= 0.6 is 0 Å². The minimum Gasteiger partial charge on any atom is -0.474 e. The van der Waals surface area contributed by atoms with Gasteiger partial charge in [-0.05, 0) is 60.9 Å². The van der Waals surface area contributed by atoms with E-state index in [0.29, 0.717) is 24.5 Å². The van der Waals surface area contributed by atoms with E-state index >= 15 is 0 Å². The topological polar surface area (TPSA) is 70.6 Å². The molecular weight excluding hydrogens is 507 g/mol. The average Bonchev–Trinajstić information content (AvgIpc) is 2.95. The summed E-state index contributed by atoms with van der Waals surface area (Å²) in [5.41, 5.74) is 1.87. The van der Waals surface area contributed by atoms with Crippen molar-refractivity contribution in [2.24, 2.45) is 0 Å². The van der Waals surface area contributed by atoms with Crippen molar-refractivity contribution in [3.05, 3.63) is 83.8 Å². The zero-order valence-electron chi connectivity index (χ0n) is 21.6. The van der Waals surface area contributed by atoms with Crippen LogP contribution in [0.3, 0.4) is 0 Å². The monoisotopic (exact) mass is 539 g/mol. The Hall–Kier alpha value is -3.66. The number of anilines is 1. The molecule has 0 aliphatic carbocycles. The van der Waals surface area contributed by atoms with Gasteiger partial charge in [-0.2, -0.15) is 13.2 Å². The lowest BCUT2D eigenvalue weighted by Gasteiger charge is -2.33. The fourth-order valence-corrected chi connectivity index (χ4v) is 5.10. The first-order valence-corrected chi connectivity index (χ1v) is 13.3. The number of aromatic nitrogens is 2. The molecule has 2 saturated heterocycles. The molecule has 0 saturated carbocycles. The lowest BCUT2D eigenvalue weighted by atomic mass is 10.0. The first kappa shape index (κ1) is 26.9. The molecule has 5 rings (SSSR count). The van der Waals surface area contributed by atoms with Crippen molar-refractivity contribution >= 4 is 11.6 Å². The van der Waals surface area contributed by atoms with Crippen LogP contribution in [0.1, 0.15) is 47.2 Å². The van der Waals surface area contributed by atoms with Crippen molar-refractivity contribution in [2.45, 2.75) is 50.6 Å². The van der Waals surface area contributed by atoms with Crippen LogP contribution in [0.5, 0.6) is 5.88 Å². The molecule has 206 valence electrons. The Morgan fingerprint density at radius 3 is 2.23 bits per heavy atom. The van der Waals surface area contributed by atoms with Gasteiger partial charge in [0.25, 0.3) is 5.91 Å². The van der Waals surface area contributed by atoms with Crippen LogP contribution in [-0.4, -0.2) is 59.1 Å². The van der Waals surface area contributed by atoms with Crippen molar-refractivity contribution < 1.29 is 22.7 Å². The Kier molecular flexibility index (Phi) is 8.30. The first-order valence-electron chi connectivity index (χ1n) is 13.3. The number of hydrogen-bond acceptors (Lipinski definition) is 6. The van der Waals surface area contributed by atoms with Crippen molar-refractivity contribution in [3.8, 4) is 5.88 Å². The Bertz CT molecular complexity index is 1210. The van der Waals surface area contributed by atoms with Gasteiger partial charge in [0.1, 0.15) is 6.10 Å². The summed E-state index contributed by atoms with van der Waals surface area (Å²) in [6, 6.07) is 12.9. The summed E-state index contributed by atoms with van der Waals surface area (Å²) in [6.07, 6.45) is 4.04. The number of nitrogens with zero attached hydrogens (tertiary/aromatic N) is 4. The summed E-state index contributed by atoms with van der Waals surface area (Å²) in [6.45, 7) is 4.10. The molecule has 0 radical (unpaired) electrons. The Labute approximate surface area is 226 Å². The second-order valence-corrected chi connectivity index (χ2v) is 10.1. The summed E-state index contributed by atoms with van der Waals surface area (Å²) < 4.78 is 44.4. The highest BCUT2D eigenvalue weighted by molar-refractivity contribution is 5.94. The minimum atomic E-state index is -4.33. The molecule has 2 aliphatic rings. The number of hydrogen-bond donors (Lipinski definition) is 1. The minimum absolute atomic E-state index is 0.0415. The predicted octanol–water partition coefficient (Wildman–Crippen LogP) is 4.94. The Morgan fingerprint density at radius 1 is 0.923 bits per heavy atom. The molecule has 0 unspecified atom stereocenters. The molecule has 1 amide bonds. The zero-order valence-corrected chi connectivity index (χ0v) is 21.6. The van der Waals surface area contributed by atoms with Gasteiger partial charge >= 0.3 is 6.18 Å². The maximum Gasteiger partial charge on any atom is 0.416 e. The molecule has 7 nitrogen and oxygen atoms in total. The number of halogens is 3. The summed E-state index contributed by atoms with van der Waals surface area (Å²) in [5.74, 6) is 0.329. The van der Waals surface area contributed by atoms with E-state index in [-0.39, 0.29) is 18.1 Å². The van der Waals surface area contributed by atoms with Gasteiger partial charge in [-0.25, -0.2) is 4.98 Å². The molecule has 3 aromatic rings. The molecule has 0 bridgehead atoms. The number of carbonyl (C=O) groups excluding carboxylic acids is 1. The third kappa shape index (κ3) is 7.26. The molecule has 2 aromatic heterocycles. The van der Waals surface area contributed by atoms with Gasteiger partial charge in [0.2, 0.25) is 5.88 Å². The number of alkyl halides is 3. The fourth-order valence-electron chi connectivity index (χ4n) is 5.10. The number of pyridine rings is 2. The molecule has 4 heterocycles. The van der Waals surface area contributed by atoms with Gasteiger partial charge in [-0.1, -0.05) is 0 Å². The van der Waals surface area contributed by atoms with E-state index in [1.54, 1.807) is 18.3 Å². The van der Waals surface area contributed by atoms with E-state index in [4.69, 9.17) is 4.74 Å². The van der Waals surface area contributed by atoms with Gasteiger partial charge in [0.15, 0.2) is 0 Å². The molecule has 0 spiro atoms. The second kappa shape index (κ2) is 12.0. The number of nitrogens with one attached hydrogen (secondary N) is 1.